The summed E-state index contributed by atoms with van der Waals surface area (Å²) < 4.78 is 12.9. The minimum absolute atomic E-state index is 0.233. The summed E-state index contributed by atoms with van der Waals surface area (Å²) in [6, 6.07) is 15.2. The SMILES string of the molecule is NC(=O)c1cccc(-c2ccc(CO[C@@H]3COc4nc([N+](=O)[O-])cn4C3)cc2)c1. The number of nitro groups is 1. The monoisotopic (exact) mass is 394 g/mol. The van der Waals surface area contributed by atoms with E-state index < -0.39 is 10.8 Å². The second-order valence-electron chi connectivity index (χ2n) is 6.68. The van der Waals surface area contributed by atoms with Crippen LogP contribution in [0.5, 0.6) is 6.01 Å². The van der Waals surface area contributed by atoms with E-state index >= 15 is 0 Å². The number of ether oxygens (including phenoxy) is 2. The summed E-state index contributed by atoms with van der Waals surface area (Å²) in [6.45, 7) is 1.10. The van der Waals surface area contributed by atoms with Gasteiger partial charge < -0.3 is 25.3 Å². The Morgan fingerprint density at radius 3 is 2.79 bits per heavy atom. The molecule has 1 aliphatic rings. The van der Waals surface area contributed by atoms with Crippen molar-refractivity contribution in [3.8, 4) is 17.1 Å². The first-order valence-electron chi connectivity index (χ1n) is 8.95. The van der Waals surface area contributed by atoms with Crippen molar-refractivity contribution in [3.63, 3.8) is 0 Å². The molecule has 0 bridgehead atoms. The molecule has 1 aliphatic heterocycles. The number of carbonyl (C=O) groups excluding carboxylic acids is 1. The van der Waals surface area contributed by atoms with Crippen LogP contribution in [0, 0.1) is 10.1 Å². The zero-order valence-electron chi connectivity index (χ0n) is 15.4. The third-order valence-electron chi connectivity index (χ3n) is 4.63. The first-order chi connectivity index (χ1) is 14.0. The molecule has 1 aromatic heterocycles. The third-order valence-corrected chi connectivity index (χ3v) is 4.63. The van der Waals surface area contributed by atoms with Crippen LogP contribution in [0.1, 0.15) is 15.9 Å². The van der Waals surface area contributed by atoms with Gasteiger partial charge in [-0.1, -0.05) is 36.4 Å². The Balaban J connectivity index is 1.38. The number of aromatic nitrogens is 2. The van der Waals surface area contributed by atoms with Crippen LogP contribution in [0.3, 0.4) is 0 Å². The summed E-state index contributed by atoms with van der Waals surface area (Å²) in [7, 11) is 0. The van der Waals surface area contributed by atoms with Gasteiger partial charge in [-0.2, -0.15) is 0 Å². The van der Waals surface area contributed by atoms with Gasteiger partial charge in [0, 0.05) is 10.5 Å². The molecule has 0 saturated heterocycles. The lowest BCUT2D eigenvalue weighted by Crippen LogP contribution is -2.32. The first kappa shape index (κ1) is 18.6. The van der Waals surface area contributed by atoms with Gasteiger partial charge in [0.2, 0.25) is 5.91 Å². The van der Waals surface area contributed by atoms with Crippen LogP contribution in [0.15, 0.2) is 54.7 Å². The third kappa shape index (κ3) is 4.09. The largest absolute Gasteiger partial charge is 0.443 e. The molecule has 0 aliphatic carbocycles. The number of hydrogen-bond donors (Lipinski definition) is 1. The highest BCUT2D eigenvalue weighted by Gasteiger charge is 2.28. The Morgan fingerprint density at radius 2 is 2.07 bits per heavy atom. The molecule has 0 fully saturated rings. The molecule has 9 heteroatoms. The van der Waals surface area contributed by atoms with Crippen molar-refractivity contribution in [2.75, 3.05) is 6.61 Å². The van der Waals surface area contributed by atoms with Crippen molar-refractivity contribution >= 4 is 11.7 Å². The van der Waals surface area contributed by atoms with E-state index in [-0.39, 0.29) is 24.5 Å². The van der Waals surface area contributed by atoms with Crippen molar-refractivity contribution < 1.29 is 19.2 Å². The molecule has 0 radical (unpaired) electrons. The maximum Gasteiger partial charge on any atom is 0.414 e. The van der Waals surface area contributed by atoms with Crippen LogP contribution >= 0.6 is 0 Å². The first-order valence-corrected chi connectivity index (χ1v) is 8.95. The number of primary amides is 1. The van der Waals surface area contributed by atoms with Gasteiger partial charge in [-0.25, -0.2) is 0 Å². The molecule has 29 heavy (non-hydrogen) atoms. The van der Waals surface area contributed by atoms with Crippen LogP contribution in [0.2, 0.25) is 0 Å². The van der Waals surface area contributed by atoms with Crippen LogP contribution in [-0.2, 0) is 17.9 Å². The maximum absolute atomic E-state index is 11.3. The summed E-state index contributed by atoms with van der Waals surface area (Å²) in [6.07, 6.45) is 1.11. The van der Waals surface area contributed by atoms with E-state index in [9.17, 15) is 14.9 Å². The quantitative estimate of drug-likeness (QED) is 0.506. The highest BCUT2D eigenvalue weighted by atomic mass is 16.6. The zero-order chi connectivity index (χ0) is 20.4. The van der Waals surface area contributed by atoms with E-state index in [4.69, 9.17) is 15.2 Å². The fourth-order valence-corrected chi connectivity index (χ4v) is 3.12. The lowest BCUT2D eigenvalue weighted by molar-refractivity contribution is -0.389. The minimum Gasteiger partial charge on any atom is -0.443 e. The van der Waals surface area contributed by atoms with Gasteiger partial charge in [-0.3, -0.25) is 9.36 Å². The minimum atomic E-state index is -0.550. The van der Waals surface area contributed by atoms with Crippen molar-refractivity contribution in [2.24, 2.45) is 5.73 Å². The Kier molecular flexibility index (Phi) is 4.96. The van der Waals surface area contributed by atoms with Crippen LogP contribution in [0.25, 0.3) is 11.1 Å². The molecular formula is C20H18N4O5. The van der Waals surface area contributed by atoms with Crippen LogP contribution in [0.4, 0.5) is 5.82 Å². The van der Waals surface area contributed by atoms with E-state index in [1.54, 1.807) is 22.8 Å². The van der Waals surface area contributed by atoms with Crippen molar-refractivity contribution in [1.29, 1.82) is 0 Å². The predicted molar refractivity (Wildman–Crippen MR) is 103 cm³/mol. The van der Waals surface area contributed by atoms with Crippen molar-refractivity contribution in [1.82, 2.24) is 9.55 Å². The highest BCUT2D eigenvalue weighted by molar-refractivity contribution is 5.94. The number of imidazole rings is 1. The molecule has 2 aromatic carbocycles. The molecule has 0 spiro atoms. The number of benzene rings is 2. The number of hydrogen-bond acceptors (Lipinski definition) is 6. The van der Waals surface area contributed by atoms with Gasteiger partial charge in [0.1, 0.15) is 18.9 Å². The molecule has 2 N–H and O–H groups in total. The number of carbonyl (C=O) groups is 1. The molecule has 4 rings (SSSR count). The molecule has 1 atom stereocenters. The summed E-state index contributed by atoms with van der Waals surface area (Å²) in [5.41, 5.74) is 8.65. The van der Waals surface area contributed by atoms with Crippen LogP contribution in [-0.4, -0.2) is 33.1 Å². The molecule has 9 nitrogen and oxygen atoms in total. The van der Waals surface area contributed by atoms with Crippen LogP contribution < -0.4 is 10.5 Å². The Bertz CT molecular complexity index is 1060. The van der Waals surface area contributed by atoms with E-state index in [2.05, 4.69) is 4.98 Å². The second kappa shape index (κ2) is 7.72. The Labute approximate surface area is 165 Å². The second-order valence-corrected chi connectivity index (χ2v) is 6.68. The number of nitrogens with two attached hydrogens (primary N) is 1. The fraction of sp³-hybridized carbons (Fsp3) is 0.200. The summed E-state index contributed by atoms with van der Waals surface area (Å²) in [5.74, 6) is -0.699. The van der Waals surface area contributed by atoms with Gasteiger partial charge in [0.05, 0.1) is 13.2 Å². The normalized spacial score (nSPS) is 15.4. The zero-order valence-corrected chi connectivity index (χ0v) is 15.4. The lowest BCUT2D eigenvalue weighted by Gasteiger charge is -2.22. The van der Waals surface area contributed by atoms with Gasteiger partial charge in [0.25, 0.3) is 0 Å². The summed E-state index contributed by atoms with van der Waals surface area (Å²) in [5, 5.41) is 10.8. The Morgan fingerprint density at radius 1 is 1.28 bits per heavy atom. The van der Waals surface area contributed by atoms with Crippen molar-refractivity contribution in [3.05, 3.63) is 76.0 Å². The Hall–Kier alpha value is -3.72. The van der Waals surface area contributed by atoms with Gasteiger partial charge >= 0.3 is 11.8 Å². The molecule has 3 aromatic rings. The smallest absolute Gasteiger partial charge is 0.414 e. The average molecular weight is 394 g/mol. The number of amides is 1. The van der Waals surface area contributed by atoms with E-state index in [1.807, 2.05) is 30.3 Å². The van der Waals surface area contributed by atoms with E-state index in [1.165, 1.54) is 6.20 Å². The summed E-state index contributed by atoms with van der Waals surface area (Å²) >= 11 is 0. The lowest BCUT2D eigenvalue weighted by atomic mass is 10.0. The maximum atomic E-state index is 11.3. The number of fused-ring (bicyclic) bond motifs is 1. The molecule has 0 unspecified atom stereocenters. The fourth-order valence-electron chi connectivity index (χ4n) is 3.12. The molecular weight excluding hydrogens is 376 g/mol. The molecule has 148 valence electrons. The van der Waals surface area contributed by atoms with Gasteiger partial charge in [0.15, 0.2) is 0 Å². The van der Waals surface area contributed by atoms with Crippen molar-refractivity contribution in [2.45, 2.75) is 19.3 Å². The molecule has 0 saturated carbocycles. The van der Waals surface area contributed by atoms with Gasteiger partial charge in [-0.05, 0) is 33.7 Å². The number of nitrogens with zero attached hydrogens (tertiary/aromatic N) is 3. The summed E-state index contributed by atoms with van der Waals surface area (Å²) in [4.78, 5) is 25.4. The van der Waals surface area contributed by atoms with Gasteiger partial charge in [-0.15, -0.1) is 0 Å². The number of rotatable bonds is 6. The molecule has 1 amide bonds. The van der Waals surface area contributed by atoms with E-state index in [0.29, 0.717) is 18.7 Å². The van der Waals surface area contributed by atoms with E-state index in [0.717, 1.165) is 16.7 Å². The highest BCUT2D eigenvalue weighted by Crippen LogP contribution is 2.24. The molecule has 2 heterocycles. The standard InChI is InChI=1S/C20H18N4O5/c21-19(25)16-3-1-2-15(8-16)14-6-4-13(5-7-14)11-28-17-9-23-10-18(24(26)27)22-20(23)29-12-17/h1-8,10,17H,9,11-12H2,(H2,21,25)/t17-/m0/s1. The average Bonchev–Trinajstić information content (AvgIpc) is 3.16. The predicted octanol–water partition coefficient (Wildman–Crippen LogP) is 2.54. The topological polar surface area (TPSA) is 123 Å².